The molecule has 0 fully saturated rings. The number of hydrogen-bond donors (Lipinski definition) is 2. The first kappa shape index (κ1) is 16.1. The molecule has 24 heavy (non-hydrogen) atoms. The van der Waals surface area contributed by atoms with Crippen LogP contribution in [0.1, 0.15) is 0 Å². The molecular formula is C15H15N5O3S. The van der Waals surface area contributed by atoms with E-state index in [-0.39, 0.29) is 22.7 Å². The summed E-state index contributed by atoms with van der Waals surface area (Å²) < 4.78 is 6.81. The average molecular weight is 345 g/mol. The first-order valence-corrected chi connectivity index (χ1v) is 8.04. The molecule has 0 radical (unpaired) electrons. The number of thioether (sulfide) groups is 1. The Morgan fingerprint density at radius 1 is 1.46 bits per heavy atom. The molecule has 8 nitrogen and oxygen atoms in total. The monoisotopic (exact) mass is 345 g/mol. The molecule has 0 saturated carbocycles. The van der Waals surface area contributed by atoms with Gasteiger partial charge in [0.1, 0.15) is 5.75 Å². The fourth-order valence-corrected chi connectivity index (χ4v) is 2.92. The lowest BCUT2D eigenvalue weighted by Crippen LogP contribution is -2.14. The molecule has 0 saturated heterocycles. The lowest BCUT2D eigenvalue weighted by Gasteiger charge is -2.06. The molecule has 0 atom stereocenters. The molecule has 3 aromatic rings. The Balaban J connectivity index is 1.69. The molecule has 9 heteroatoms. The summed E-state index contributed by atoms with van der Waals surface area (Å²) in [6.45, 7) is 0. The molecular weight excluding hydrogens is 330 g/mol. The zero-order chi connectivity index (χ0) is 17.1. The second-order valence-electron chi connectivity index (χ2n) is 4.93. The van der Waals surface area contributed by atoms with Gasteiger partial charge >= 0.3 is 0 Å². The van der Waals surface area contributed by atoms with E-state index < -0.39 is 0 Å². The number of nitrogens with one attached hydrogen (secondary N) is 2. The smallest absolute Gasteiger partial charge is 0.278 e. The predicted molar refractivity (Wildman–Crippen MR) is 91.5 cm³/mol. The molecule has 2 heterocycles. The Labute approximate surface area is 141 Å². The van der Waals surface area contributed by atoms with Crippen LogP contribution in [0.4, 0.5) is 5.69 Å². The number of ether oxygens (including phenoxy) is 1. The van der Waals surface area contributed by atoms with Gasteiger partial charge in [-0.25, -0.2) is 9.97 Å². The maximum absolute atomic E-state index is 12.1. The van der Waals surface area contributed by atoms with Crippen molar-refractivity contribution in [3.05, 3.63) is 40.9 Å². The maximum Gasteiger partial charge on any atom is 0.278 e. The van der Waals surface area contributed by atoms with Gasteiger partial charge in [-0.15, -0.1) is 0 Å². The van der Waals surface area contributed by atoms with E-state index in [9.17, 15) is 9.59 Å². The number of benzene rings is 1. The van der Waals surface area contributed by atoms with E-state index in [2.05, 4.69) is 20.3 Å². The number of nitrogens with zero attached hydrogens (tertiary/aromatic N) is 3. The van der Waals surface area contributed by atoms with E-state index in [0.29, 0.717) is 22.2 Å². The first-order chi connectivity index (χ1) is 11.6. The van der Waals surface area contributed by atoms with Crippen molar-refractivity contribution >= 4 is 34.5 Å². The minimum Gasteiger partial charge on any atom is -0.497 e. The molecule has 0 aliphatic carbocycles. The highest BCUT2D eigenvalue weighted by Gasteiger charge is 2.13. The largest absolute Gasteiger partial charge is 0.497 e. The molecule has 0 unspecified atom stereocenters. The Morgan fingerprint density at radius 2 is 2.29 bits per heavy atom. The van der Waals surface area contributed by atoms with Crippen molar-refractivity contribution in [2.45, 2.75) is 5.16 Å². The number of rotatable bonds is 5. The van der Waals surface area contributed by atoms with Crippen LogP contribution in [0.2, 0.25) is 0 Å². The number of amides is 1. The van der Waals surface area contributed by atoms with Crippen LogP contribution in [-0.2, 0) is 11.8 Å². The number of aromatic nitrogens is 4. The summed E-state index contributed by atoms with van der Waals surface area (Å²) in [7, 11) is 3.32. The zero-order valence-electron chi connectivity index (χ0n) is 13.1. The molecule has 0 bridgehead atoms. The van der Waals surface area contributed by atoms with Crippen molar-refractivity contribution in [2.24, 2.45) is 7.05 Å². The van der Waals surface area contributed by atoms with Crippen LogP contribution in [0.5, 0.6) is 5.75 Å². The molecule has 2 aromatic heterocycles. The molecule has 0 spiro atoms. The van der Waals surface area contributed by atoms with Crippen LogP contribution < -0.4 is 15.6 Å². The SMILES string of the molecule is COc1cccc(NC(=O)CSc2nc3c(=O)[nH]cnc3n2C)c1. The average Bonchev–Trinajstić information content (AvgIpc) is 2.91. The van der Waals surface area contributed by atoms with Crippen molar-refractivity contribution in [3.8, 4) is 5.75 Å². The summed E-state index contributed by atoms with van der Waals surface area (Å²) >= 11 is 1.23. The van der Waals surface area contributed by atoms with Crippen molar-refractivity contribution in [1.82, 2.24) is 19.5 Å². The number of carbonyl (C=O) groups is 1. The molecule has 1 amide bonds. The van der Waals surface area contributed by atoms with Crippen LogP contribution in [-0.4, -0.2) is 38.3 Å². The standard InChI is InChI=1S/C15H15N5O3S/c1-20-13-12(14(22)17-8-16-13)19-15(20)24-7-11(21)18-9-4-3-5-10(6-9)23-2/h3-6,8H,7H2,1-2H3,(H,18,21)(H,16,17,22). The van der Waals surface area contributed by atoms with Gasteiger partial charge in [-0.2, -0.15) is 0 Å². The van der Waals surface area contributed by atoms with E-state index in [1.54, 1.807) is 43.0 Å². The lowest BCUT2D eigenvalue weighted by atomic mass is 10.3. The molecule has 0 aliphatic heterocycles. The number of carbonyl (C=O) groups excluding carboxylic acids is 1. The summed E-state index contributed by atoms with van der Waals surface area (Å²) in [4.78, 5) is 34.6. The minimum atomic E-state index is -0.303. The van der Waals surface area contributed by atoms with Crippen LogP contribution in [0, 0.1) is 0 Å². The summed E-state index contributed by atoms with van der Waals surface area (Å²) in [6, 6.07) is 7.12. The van der Waals surface area contributed by atoms with E-state index >= 15 is 0 Å². The molecule has 3 rings (SSSR count). The highest BCUT2D eigenvalue weighted by Crippen LogP contribution is 2.21. The highest BCUT2D eigenvalue weighted by molar-refractivity contribution is 7.99. The summed E-state index contributed by atoms with van der Waals surface area (Å²) in [5.41, 5.74) is 1.09. The van der Waals surface area contributed by atoms with Crippen LogP contribution in [0.25, 0.3) is 11.2 Å². The fraction of sp³-hybridized carbons (Fsp3) is 0.200. The maximum atomic E-state index is 12.1. The zero-order valence-corrected chi connectivity index (χ0v) is 13.9. The van der Waals surface area contributed by atoms with Crippen molar-refractivity contribution < 1.29 is 9.53 Å². The van der Waals surface area contributed by atoms with Crippen molar-refractivity contribution in [3.63, 3.8) is 0 Å². The van der Waals surface area contributed by atoms with Crippen molar-refractivity contribution in [1.29, 1.82) is 0 Å². The minimum absolute atomic E-state index is 0.159. The Morgan fingerprint density at radius 3 is 3.04 bits per heavy atom. The van der Waals surface area contributed by atoms with Gasteiger partial charge in [0.05, 0.1) is 19.2 Å². The third kappa shape index (κ3) is 3.25. The van der Waals surface area contributed by atoms with E-state index in [1.807, 2.05) is 0 Å². The third-order valence-electron chi connectivity index (χ3n) is 3.31. The van der Waals surface area contributed by atoms with E-state index in [1.165, 1.54) is 18.1 Å². The Hall–Kier alpha value is -2.81. The number of H-pyrrole nitrogens is 1. The fourth-order valence-electron chi connectivity index (χ4n) is 2.15. The number of imidazole rings is 1. The molecule has 1 aromatic carbocycles. The number of methoxy groups -OCH3 is 1. The summed E-state index contributed by atoms with van der Waals surface area (Å²) in [5, 5.41) is 3.34. The van der Waals surface area contributed by atoms with Crippen LogP contribution in [0.3, 0.4) is 0 Å². The molecule has 2 N–H and O–H groups in total. The first-order valence-electron chi connectivity index (χ1n) is 7.05. The van der Waals surface area contributed by atoms with Gasteiger partial charge in [0.2, 0.25) is 5.91 Å². The normalized spacial score (nSPS) is 10.8. The van der Waals surface area contributed by atoms with Crippen molar-refractivity contribution in [2.75, 3.05) is 18.2 Å². The van der Waals surface area contributed by atoms with Gasteiger partial charge < -0.3 is 19.6 Å². The Kier molecular flexibility index (Phi) is 4.52. The summed E-state index contributed by atoms with van der Waals surface area (Å²) in [5.74, 6) is 0.648. The number of aromatic amines is 1. The quantitative estimate of drug-likeness (QED) is 0.678. The number of anilines is 1. The van der Waals surface area contributed by atoms with Gasteiger partial charge in [0, 0.05) is 18.8 Å². The third-order valence-corrected chi connectivity index (χ3v) is 4.34. The van der Waals surface area contributed by atoms with Gasteiger partial charge in [0.15, 0.2) is 16.3 Å². The second kappa shape index (κ2) is 6.75. The van der Waals surface area contributed by atoms with Gasteiger partial charge in [-0.3, -0.25) is 9.59 Å². The van der Waals surface area contributed by atoms with Gasteiger partial charge in [0.25, 0.3) is 5.56 Å². The number of fused-ring (bicyclic) bond motifs is 1. The van der Waals surface area contributed by atoms with Crippen LogP contribution in [0.15, 0.2) is 40.5 Å². The predicted octanol–water partition coefficient (Wildman–Crippen LogP) is 1.40. The highest BCUT2D eigenvalue weighted by atomic mass is 32.2. The lowest BCUT2D eigenvalue weighted by molar-refractivity contribution is -0.113. The topological polar surface area (TPSA) is 102 Å². The Bertz CT molecular complexity index is 950. The second-order valence-corrected chi connectivity index (χ2v) is 5.87. The number of hydrogen-bond acceptors (Lipinski definition) is 6. The summed E-state index contributed by atoms with van der Waals surface area (Å²) in [6.07, 6.45) is 1.33. The van der Waals surface area contributed by atoms with Gasteiger partial charge in [-0.05, 0) is 12.1 Å². The molecule has 124 valence electrons. The molecule has 0 aliphatic rings. The van der Waals surface area contributed by atoms with E-state index in [4.69, 9.17) is 4.74 Å². The van der Waals surface area contributed by atoms with E-state index in [0.717, 1.165) is 0 Å². The van der Waals surface area contributed by atoms with Crippen LogP contribution >= 0.6 is 11.8 Å². The number of aryl methyl sites for hydroxylation is 1. The van der Waals surface area contributed by atoms with Gasteiger partial charge in [-0.1, -0.05) is 17.8 Å².